The topological polar surface area (TPSA) is 30.8 Å². The maximum atomic E-state index is 5.24. The molecule has 16 heavy (non-hydrogen) atoms. The van der Waals surface area contributed by atoms with E-state index in [1.165, 1.54) is 0 Å². The van der Waals surface area contributed by atoms with Crippen LogP contribution in [-0.2, 0) is 9.47 Å². The monoisotopic (exact) mass is 221 g/mol. The van der Waals surface area contributed by atoms with Gasteiger partial charge in [-0.15, -0.1) is 0 Å². The maximum absolute atomic E-state index is 5.24. The Bertz CT molecular complexity index is 329. The quantitative estimate of drug-likeness (QED) is 0.565. The minimum absolute atomic E-state index is 0.283. The normalized spacial score (nSPS) is 12.5. The zero-order chi connectivity index (χ0) is 12.0. The molecule has 1 rings (SSSR count). The molecule has 0 spiro atoms. The molecular weight excluding hydrogens is 202 g/mol. The Morgan fingerprint density at radius 2 is 1.62 bits per heavy atom. The summed E-state index contributed by atoms with van der Waals surface area (Å²) in [5.41, 5.74) is 1.82. The molecule has 3 heteroatoms. The van der Waals surface area contributed by atoms with Crippen LogP contribution in [0, 0.1) is 5.92 Å². The molecule has 3 nitrogen and oxygen atoms in total. The van der Waals surface area contributed by atoms with Crippen molar-refractivity contribution in [1.29, 1.82) is 0 Å². The average Bonchev–Trinajstić information content (AvgIpc) is 2.30. The number of nitrogens with zero attached hydrogens (tertiary/aromatic N) is 1. The van der Waals surface area contributed by atoms with Crippen LogP contribution >= 0.6 is 0 Å². The fourth-order valence-corrected chi connectivity index (χ4v) is 1.44. The van der Waals surface area contributed by atoms with Crippen molar-refractivity contribution in [2.24, 2.45) is 10.9 Å². The number of hydrogen-bond donors (Lipinski definition) is 0. The highest BCUT2D eigenvalue weighted by Crippen LogP contribution is 2.15. The summed E-state index contributed by atoms with van der Waals surface area (Å²) in [7, 11) is 3.24. The van der Waals surface area contributed by atoms with Gasteiger partial charge in [0.1, 0.15) is 0 Å². The highest BCUT2D eigenvalue weighted by Gasteiger charge is 2.17. The molecule has 0 unspecified atom stereocenters. The summed E-state index contributed by atoms with van der Waals surface area (Å²) < 4.78 is 10.5. The molecule has 0 fully saturated rings. The van der Waals surface area contributed by atoms with Crippen LogP contribution in [-0.4, -0.2) is 26.2 Å². The van der Waals surface area contributed by atoms with E-state index in [0.29, 0.717) is 0 Å². The van der Waals surface area contributed by atoms with E-state index < -0.39 is 0 Å². The number of methoxy groups -OCH3 is 2. The summed E-state index contributed by atoms with van der Waals surface area (Å²) in [6.07, 6.45) is -0.375. The Morgan fingerprint density at radius 3 is 2.06 bits per heavy atom. The van der Waals surface area contributed by atoms with Crippen LogP contribution in [0.2, 0.25) is 0 Å². The highest BCUT2D eigenvalue weighted by molar-refractivity contribution is 5.91. The first kappa shape index (κ1) is 12.9. The molecular formula is C13H19NO2. The van der Waals surface area contributed by atoms with Gasteiger partial charge in [-0.3, -0.25) is 4.99 Å². The molecule has 88 valence electrons. The van der Waals surface area contributed by atoms with E-state index in [0.717, 1.165) is 11.4 Å². The van der Waals surface area contributed by atoms with Gasteiger partial charge < -0.3 is 9.47 Å². The van der Waals surface area contributed by atoms with Crippen molar-refractivity contribution in [3.8, 4) is 0 Å². The molecule has 0 aromatic heterocycles. The second kappa shape index (κ2) is 6.40. The van der Waals surface area contributed by atoms with E-state index in [1.807, 2.05) is 30.3 Å². The minimum atomic E-state index is -0.375. The molecule has 0 aliphatic rings. The Balaban J connectivity index is 2.98. The molecule has 0 heterocycles. The van der Waals surface area contributed by atoms with Gasteiger partial charge in [-0.1, -0.05) is 32.0 Å². The Morgan fingerprint density at radius 1 is 1.06 bits per heavy atom. The van der Waals surface area contributed by atoms with Gasteiger partial charge in [0.2, 0.25) is 0 Å². The predicted octanol–water partition coefficient (Wildman–Crippen LogP) is 3.03. The van der Waals surface area contributed by atoms with E-state index in [9.17, 15) is 0 Å². The van der Waals surface area contributed by atoms with Gasteiger partial charge in [-0.25, -0.2) is 0 Å². The van der Waals surface area contributed by atoms with Gasteiger partial charge in [0.15, 0.2) is 6.29 Å². The summed E-state index contributed by atoms with van der Waals surface area (Å²) in [4.78, 5) is 4.57. The number of ether oxygens (including phenoxy) is 2. The molecule has 0 atom stereocenters. The molecule has 0 aliphatic carbocycles. The summed E-state index contributed by atoms with van der Waals surface area (Å²) in [6.45, 7) is 4.15. The third-order valence-electron chi connectivity index (χ3n) is 2.28. The van der Waals surface area contributed by atoms with Crippen LogP contribution in [0.4, 0.5) is 5.69 Å². The van der Waals surface area contributed by atoms with Crippen LogP contribution in [0.25, 0.3) is 0 Å². The highest BCUT2D eigenvalue weighted by atomic mass is 16.7. The zero-order valence-electron chi connectivity index (χ0n) is 10.3. The fraction of sp³-hybridized carbons (Fsp3) is 0.462. The van der Waals surface area contributed by atoms with Crippen LogP contribution in [0.1, 0.15) is 13.8 Å². The first-order chi connectivity index (χ1) is 7.69. The first-order valence-electron chi connectivity index (χ1n) is 5.38. The Kier molecular flexibility index (Phi) is 5.15. The Hall–Kier alpha value is -1.19. The van der Waals surface area contributed by atoms with Gasteiger partial charge >= 0.3 is 0 Å². The minimum Gasteiger partial charge on any atom is -0.351 e. The van der Waals surface area contributed by atoms with Gasteiger partial charge in [0.05, 0.1) is 11.4 Å². The van der Waals surface area contributed by atoms with Crippen LogP contribution < -0.4 is 0 Å². The molecule has 0 aliphatic heterocycles. The number of para-hydroxylation sites is 1. The fourth-order valence-electron chi connectivity index (χ4n) is 1.44. The van der Waals surface area contributed by atoms with Crippen molar-refractivity contribution in [2.45, 2.75) is 20.1 Å². The summed E-state index contributed by atoms with van der Waals surface area (Å²) in [5, 5.41) is 0. The first-order valence-corrected chi connectivity index (χ1v) is 5.38. The summed E-state index contributed by atoms with van der Waals surface area (Å²) >= 11 is 0. The smallest absolute Gasteiger partial charge is 0.196 e. The third kappa shape index (κ3) is 3.43. The second-order valence-corrected chi connectivity index (χ2v) is 3.83. The predicted molar refractivity (Wildman–Crippen MR) is 66.2 cm³/mol. The van der Waals surface area contributed by atoms with Crippen molar-refractivity contribution in [3.05, 3.63) is 30.3 Å². The van der Waals surface area contributed by atoms with Crippen molar-refractivity contribution in [3.63, 3.8) is 0 Å². The Labute approximate surface area is 97.1 Å². The van der Waals surface area contributed by atoms with Gasteiger partial charge in [-0.2, -0.15) is 0 Å². The van der Waals surface area contributed by atoms with E-state index in [-0.39, 0.29) is 12.2 Å². The maximum Gasteiger partial charge on any atom is 0.196 e. The largest absolute Gasteiger partial charge is 0.351 e. The number of aliphatic imine (C=N–C) groups is 1. The SMILES string of the molecule is COC(OC)C(=Nc1ccccc1)C(C)C. The third-order valence-corrected chi connectivity index (χ3v) is 2.28. The lowest BCUT2D eigenvalue weighted by atomic mass is 10.1. The van der Waals surface area contributed by atoms with Crippen LogP contribution in [0.5, 0.6) is 0 Å². The zero-order valence-corrected chi connectivity index (χ0v) is 10.3. The number of benzene rings is 1. The summed E-state index contributed by atoms with van der Waals surface area (Å²) in [6, 6.07) is 9.82. The molecule has 0 saturated carbocycles. The molecule has 0 radical (unpaired) electrons. The summed E-state index contributed by atoms with van der Waals surface area (Å²) in [5.74, 6) is 0.283. The second-order valence-electron chi connectivity index (χ2n) is 3.83. The van der Waals surface area contributed by atoms with Gasteiger partial charge in [0, 0.05) is 14.2 Å². The standard InChI is InChI=1S/C13H19NO2/c1-10(2)12(13(15-3)16-4)14-11-8-6-5-7-9-11/h5-10,13H,1-4H3. The van der Waals surface area contributed by atoms with E-state index in [4.69, 9.17) is 9.47 Å². The van der Waals surface area contributed by atoms with Crippen molar-refractivity contribution in [2.75, 3.05) is 14.2 Å². The lowest BCUT2D eigenvalue weighted by Gasteiger charge is -2.19. The number of rotatable bonds is 5. The number of hydrogen-bond acceptors (Lipinski definition) is 3. The molecule has 1 aromatic carbocycles. The van der Waals surface area contributed by atoms with E-state index >= 15 is 0 Å². The molecule has 0 N–H and O–H groups in total. The van der Waals surface area contributed by atoms with Crippen LogP contribution in [0.15, 0.2) is 35.3 Å². The van der Waals surface area contributed by atoms with Crippen LogP contribution in [0.3, 0.4) is 0 Å². The van der Waals surface area contributed by atoms with Gasteiger partial charge in [-0.05, 0) is 18.1 Å². The molecule has 0 saturated heterocycles. The lowest BCUT2D eigenvalue weighted by Crippen LogP contribution is -2.29. The van der Waals surface area contributed by atoms with Crippen molar-refractivity contribution in [1.82, 2.24) is 0 Å². The lowest BCUT2D eigenvalue weighted by molar-refractivity contribution is -0.0543. The van der Waals surface area contributed by atoms with E-state index in [2.05, 4.69) is 18.8 Å². The van der Waals surface area contributed by atoms with Crippen molar-refractivity contribution < 1.29 is 9.47 Å². The average molecular weight is 221 g/mol. The van der Waals surface area contributed by atoms with Gasteiger partial charge in [0.25, 0.3) is 0 Å². The van der Waals surface area contributed by atoms with Crippen molar-refractivity contribution >= 4 is 11.4 Å². The molecule has 1 aromatic rings. The van der Waals surface area contributed by atoms with E-state index in [1.54, 1.807) is 14.2 Å². The molecule has 0 bridgehead atoms. The molecule has 0 amide bonds.